The second-order valence-electron chi connectivity index (χ2n) is 2.27. The molecule has 0 spiro atoms. The van der Waals surface area contributed by atoms with E-state index in [9.17, 15) is 4.91 Å². The van der Waals surface area contributed by atoms with E-state index in [1.165, 1.54) is 0 Å². The van der Waals surface area contributed by atoms with Gasteiger partial charge in [-0.1, -0.05) is 12.1 Å². The van der Waals surface area contributed by atoms with E-state index in [1.54, 1.807) is 14.2 Å². The molecule has 0 amide bonds. The van der Waals surface area contributed by atoms with Crippen LogP contribution in [-0.2, 0) is 9.47 Å². The van der Waals surface area contributed by atoms with Crippen LogP contribution in [0.5, 0.6) is 0 Å². The molecule has 4 nitrogen and oxygen atoms in total. The molecule has 0 saturated heterocycles. The first-order chi connectivity index (χ1) is 5.29. The maximum Gasteiger partial charge on any atom is 0.110 e. The maximum absolute atomic E-state index is 9.92. The molecule has 0 rings (SSSR count). The van der Waals surface area contributed by atoms with E-state index in [2.05, 4.69) is 5.18 Å². The Bertz CT molecular complexity index is 104. The van der Waals surface area contributed by atoms with Crippen molar-refractivity contribution in [2.75, 3.05) is 20.8 Å². The Hall–Kier alpha value is -0.480. The summed E-state index contributed by atoms with van der Waals surface area (Å²) in [4.78, 5) is 9.92. The van der Waals surface area contributed by atoms with Crippen LogP contribution in [0.4, 0.5) is 0 Å². The van der Waals surface area contributed by atoms with Crippen molar-refractivity contribution in [1.82, 2.24) is 0 Å². The van der Waals surface area contributed by atoms with E-state index < -0.39 is 0 Å². The van der Waals surface area contributed by atoms with E-state index in [4.69, 9.17) is 9.47 Å². The van der Waals surface area contributed by atoms with Crippen LogP contribution in [0, 0.1) is 4.91 Å². The van der Waals surface area contributed by atoms with E-state index in [-0.39, 0.29) is 18.8 Å². The van der Waals surface area contributed by atoms with Gasteiger partial charge >= 0.3 is 0 Å². The smallest absolute Gasteiger partial charge is 0.110 e. The fourth-order valence-corrected chi connectivity index (χ4v) is 0.999. The summed E-state index contributed by atoms with van der Waals surface area (Å²) in [6, 6.07) is 0. The van der Waals surface area contributed by atoms with Crippen molar-refractivity contribution in [1.29, 1.82) is 0 Å². The molecule has 66 valence electrons. The van der Waals surface area contributed by atoms with E-state index in [0.717, 1.165) is 6.42 Å². The molecule has 0 bridgehead atoms. The molecule has 0 aromatic heterocycles. The van der Waals surface area contributed by atoms with Crippen molar-refractivity contribution in [3.8, 4) is 0 Å². The number of rotatable bonds is 6. The average Bonchev–Trinajstić information content (AvgIpc) is 2.05. The Morgan fingerprint density at radius 2 is 1.82 bits per heavy atom. The summed E-state index contributed by atoms with van der Waals surface area (Å²) < 4.78 is 10.1. The molecule has 11 heavy (non-hydrogen) atoms. The van der Waals surface area contributed by atoms with Crippen LogP contribution in [0.2, 0.25) is 0 Å². The second kappa shape index (κ2) is 6.24. The second-order valence-corrected chi connectivity index (χ2v) is 2.27. The predicted octanol–water partition coefficient (Wildman–Crippen LogP) is 1.19. The topological polar surface area (TPSA) is 47.9 Å². The molecule has 0 aliphatic heterocycles. The quantitative estimate of drug-likeness (QED) is 0.550. The monoisotopic (exact) mass is 161 g/mol. The van der Waals surface area contributed by atoms with Gasteiger partial charge in [-0.25, -0.2) is 0 Å². The summed E-state index contributed by atoms with van der Waals surface area (Å²) in [5.41, 5.74) is 0. The van der Waals surface area contributed by atoms with Crippen LogP contribution in [0.3, 0.4) is 0 Å². The SMILES string of the molecule is CCC(OC)C(CN=O)OC. The van der Waals surface area contributed by atoms with Gasteiger partial charge in [-0.05, 0) is 6.42 Å². The Labute approximate surface area is 66.9 Å². The van der Waals surface area contributed by atoms with Gasteiger partial charge in [0.05, 0.1) is 6.10 Å². The van der Waals surface area contributed by atoms with Crippen molar-refractivity contribution >= 4 is 0 Å². The van der Waals surface area contributed by atoms with Gasteiger partial charge in [-0.15, -0.1) is 0 Å². The Kier molecular flexibility index (Phi) is 5.97. The molecular formula is C7H15NO3. The summed E-state index contributed by atoms with van der Waals surface area (Å²) in [6.07, 6.45) is 0.588. The van der Waals surface area contributed by atoms with Crippen LogP contribution >= 0.6 is 0 Å². The molecule has 0 aromatic rings. The molecule has 0 aliphatic rings. The number of methoxy groups -OCH3 is 2. The highest BCUT2D eigenvalue weighted by atomic mass is 16.5. The van der Waals surface area contributed by atoms with E-state index >= 15 is 0 Å². The van der Waals surface area contributed by atoms with E-state index in [1.807, 2.05) is 6.92 Å². The van der Waals surface area contributed by atoms with Crippen molar-refractivity contribution in [2.24, 2.45) is 5.18 Å². The number of hydrogen-bond acceptors (Lipinski definition) is 4. The molecule has 2 atom stereocenters. The number of ether oxygens (including phenoxy) is 2. The lowest BCUT2D eigenvalue weighted by molar-refractivity contribution is -0.0320. The maximum atomic E-state index is 9.92. The predicted molar refractivity (Wildman–Crippen MR) is 42.5 cm³/mol. The normalized spacial score (nSPS) is 15.9. The third-order valence-corrected chi connectivity index (χ3v) is 1.68. The van der Waals surface area contributed by atoms with Gasteiger partial charge < -0.3 is 9.47 Å². The minimum atomic E-state index is -0.206. The first-order valence-electron chi connectivity index (χ1n) is 3.64. The molecule has 0 saturated carbocycles. The molecule has 0 fully saturated rings. The molecular weight excluding hydrogens is 146 g/mol. The van der Waals surface area contributed by atoms with Gasteiger partial charge in [-0.3, -0.25) is 0 Å². The van der Waals surface area contributed by atoms with Crippen LogP contribution in [0.25, 0.3) is 0 Å². The molecule has 0 aliphatic carbocycles. The lowest BCUT2D eigenvalue weighted by Gasteiger charge is -2.20. The Morgan fingerprint density at radius 3 is 2.09 bits per heavy atom. The molecule has 0 N–H and O–H groups in total. The van der Waals surface area contributed by atoms with Crippen molar-refractivity contribution in [3.63, 3.8) is 0 Å². The summed E-state index contributed by atoms with van der Waals surface area (Å²) in [7, 11) is 3.16. The lowest BCUT2D eigenvalue weighted by Crippen LogP contribution is -2.31. The summed E-state index contributed by atoms with van der Waals surface area (Å²) in [5.74, 6) is 0. The Balaban J connectivity index is 3.85. The zero-order valence-electron chi connectivity index (χ0n) is 7.24. The highest BCUT2D eigenvalue weighted by Crippen LogP contribution is 2.06. The fraction of sp³-hybridized carbons (Fsp3) is 1.00. The van der Waals surface area contributed by atoms with Gasteiger partial charge in [0.2, 0.25) is 0 Å². The highest BCUT2D eigenvalue weighted by molar-refractivity contribution is 4.70. The molecule has 0 heterocycles. The number of nitrogens with zero attached hydrogens (tertiary/aromatic N) is 1. The molecule has 0 aromatic carbocycles. The zero-order valence-corrected chi connectivity index (χ0v) is 7.24. The summed E-state index contributed by atoms with van der Waals surface area (Å²) in [5, 5.41) is 2.77. The minimum absolute atomic E-state index is 0.0299. The van der Waals surface area contributed by atoms with Crippen molar-refractivity contribution < 1.29 is 9.47 Å². The van der Waals surface area contributed by atoms with Gasteiger partial charge in [-0.2, -0.15) is 4.91 Å². The van der Waals surface area contributed by atoms with Crippen molar-refractivity contribution in [2.45, 2.75) is 25.6 Å². The number of hydrogen-bond donors (Lipinski definition) is 0. The first kappa shape index (κ1) is 10.5. The fourth-order valence-electron chi connectivity index (χ4n) is 0.999. The summed E-state index contributed by atoms with van der Waals surface area (Å²) >= 11 is 0. The lowest BCUT2D eigenvalue weighted by atomic mass is 10.1. The van der Waals surface area contributed by atoms with Crippen LogP contribution in [0.15, 0.2) is 5.18 Å². The van der Waals surface area contributed by atoms with Gasteiger partial charge in [0, 0.05) is 14.2 Å². The van der Waals surface area contributed by atoms with Gasteiger partial charge in [0.25, 0.3) is 0 Å². The number of nitroso groups, excluding NO2 is 1. The van der Waals surface area contributed by atoms with Crippen LogP contribution in [0.1, 0.15) is 13.3 Å². The van der Waals surface area contributed by atoms with Crippen LogP contribution < -0.4 is 0 Å². The largest absolute Gasteiger partial charge is 0.379 e. The average molecular weight is 161 g/mol. The molecule has 4 heteroatoms. The highest BCUT2D eigenvalue weighted by Gasteiger charge is 2.18. The van der Waals surface area contributed by atoms with E-state index in [0.29, 0.717) is 0 Å². The first-order valence-corrected chi connectivity index (χ1v) is 3.64. The molecule has 0 radical (unpaired) electrons. The third-order valence-electron chi connectivity index (χ3n) is 1.68. The Morgan fingerprint density at radius 1 is 1.27 bits per heavy atom. The van der Waals surface area contributed by atoms with Crippen LogP contribution in [-0.4, -0.2) is 33.0 Å². The van der Waals surface area contributed by atoms with Crippen molar-refractivity contribution in [3.05, 3.63) is 4.91 Å². The zero-order chi connectivity index (χ0) is 8.69. The van der Waals surface area contributed by atoms with Gasteiger partial charge in [0.1, 0.15) is 12.6 Å². The minimum Gasteiger partial charge on any atom is -0.379 e. The summed E-state index contributed by atoms with van der Waals surface area (Å²) in [6.45, 7) is 2.13. The third kappa shape index (κ3) is 3.43. The standard InChI is InChI=1S/C7H15NO3/c1-4-6(10-2)7(11-3)5-8-9/h6-7H,4-5H2,1-3H3. The molecule has 2 unspecified atom stereocenters. The van der Waals surface area contributed by atoms with Gasteiger partial charge in [0.15, 0.2) is 0 Å².